The maximum absolute atomic E-state index is 6.51. The Labute approximate surface area is 132 Å². The number of rotatable bonds is 4. The average molecular weight is 299 g/mol. The summed E-state index contributed by atoms with van der Waals surface area (Å²) in [5.41, 5.74) is 2.18. The molecule has 1 aliphatic rings. The summed E-state index contributed by atoms with van der Waals surface area (Å²) in [5, 5.41) is 4.27. The predicted molar refractivity (Wildman–Crippen MR) is 86.6 cm³/mol. The highest BCUT2D eigenvalue weighted by Gasteiger charge is 2.46. The van der Waals surface area contributed by atoms with Crippen LogP contribution in [0.5, 0.6) is 0 Å². The molecule has 2 heterocycles. The lowest BCUT2D eigenvalue weighted by atomic mass is 9.88. The zero-order valence-electron chi connectivity index (χ0n) is 13.9. The van der Waals surface area contributed by atoms with Crippen molar-refractivity contribution in [3.8, 4) is 0 Å². The minimum atomic E-state index is -0.313. The van der Waals surface area contributed by atoms with Crippen molar-refractivity contribution in [2.45, 2.75) is 64.2 Å². The smallest absolute Gasteiger partial charge is 0.137 e. The Kier molecular flexibility index (Phi) is 3.81. The van der Waals surface area contributed by atoms with Crippen LogP contribution in [0.25, 0.3) is 0 Å². The van der Waals surface area contributed by atoms with Crippen molar-refractivity contribution >= 4 is 0 Å². The molecule has 1 atom stereocenters. The van der Waals surface area contributed by atoms with Crippen LogP contribution in [0.1, 0.15) is 57.6 Å². The van der Waals surface area contributed by atoms with E-state index in [0.29, 0.717) is 12.5 Å². The van der Waals surface area contributed by atoms with Crippen molar-refractivity contribution in [3.05, 3.63) is 48.0 Å². The lowest BCUT2D eigenvalue weighted by Crippen LogP contribution is -2.34. The standard InChI is InChI=1S/C18H25N3O/c1-14(2)15-5-7-16(8-6-15)18(10-9-17(3,4)22-18)11-21-13-19-12-20-21/h5-8,12-14H,9-11H2,1-4H3. The molecule has 0 saturated carbocycles. The van der Waals surface area contributed by atoms with Crippen LogP contribution < -0.4 is 0 Å². The Morgan fingerprint density at radius 2 is 1.91 bits per heavy atom. The van der Waals surface area contributed by atoms with Gasteiger partial charge in [-0.05, 0) is 43.7 Å². The molecule has 4 heteroatoms. The third-order valence-electron chi connectivity index (χ3n) is 4.59. The van der Waals surface area contributed by atoms with Gasteiger partial charge in [-0.2, -0.15) is 5.10 Å². The van der Waals surface area contributed by atoms with E-state index in [2.05, 4.69) is 62.0 Å². The molecule has 0 spiro atoms. The van der Waals surface area contributed by atoms with Crippen LogP contribution in [0.3, 0.4) is 0 Å². The van der Waals surface area contributed by atoms with Crippen LogP contribution in [-0.2, 0) is 16.9 Å². The summed E-state index contributed by atoms with van der Waals surface area (Å²) in [4.78, 5) is 4.06. The first-order valence-electron chi connectivity index (χ1n) is 8.03. The molecule has 1 aliphatic heterocycles. The zero-order valence-corrected chi connectivity index (χ0v) is 13.9. The molecule has 3 rings (SSSR count). The van der Waals surface area contributed by atoms with Gasteiger partial charge in [-0.15, -0.1) is 0 Å². The van der Waals surface area contributed by atoms with Crippen molar-refractivity contribution in [1.29, 1.82) is 0 Å². The van der Waals surface area contributed by atoms with Crippen molar-refractivity contribution in [2.24, 2.45) is 0 Å². The number of hydrogen-bond acceptors (Lipinski definition) is 3. The van der Waals surface area contributed by atoms with Gasteiger partial charge >= 0.3 is 0 Å². The SMILES string of the molecule is CC(C)c1ccc(C2(Cn3cncn3)CCC(C)(C)O2)cc1. The Morgan fingerprint density at radius 3 is 2.41 bits per heavy atom. The number of hydrogen-bond donors (Lipinski definition) is 0. The second-order valence-electron chi connectivity index (χ2n) is 7.23. The highest BCUT2D eigenvalue weighted by molar-refractivity contribution is 5.30. The van der Waals surface area contributed by atoms with E-state index in [0.717, 1.165) is 12.8 Å². The maximum atomic E-state index is 6.51. The molecule has 118 valence electrons. The van der Waals surface area contributed by atoms with Gasteiger partial charge in [-0.3, -0.25) is 0 Å². The molecule has 0 bridgehead atoms. The van der Waals surface area contributed by atoms with E-state index < -0.39 is 0 Å². The monoisotopic (exact) mass is 299 g/mol. The lowest BCUT2D eigenvalue weighted by molar-refractivity contribution is -0.101. The predicted octanol–water partition coefficient (Wildman–Crippen LogP) is 3.89. The third kappa shape index (κ3) is 2.93. The summed E-state index contributed by atoms with van der Waals surface area (Å²) < 4.78 is 8.38. The Bertz CT molecular complexity index is 616. The summed E-state index contributed by atoms with van der Waals surface area (Å²) in [6, 6.07) is 8.87. The van der Waals surface area contributed by atoms with Crippen LogP contribution in [0.2, 0.25) is 0 Å². The highest BCUT2D eigenvalue weighted by Crippen LogP contribution is 2.45. The Balaban J connectivity index is 1.95. The van der Waals surface area contributed by atoms with E-state index in [1.807, 2.05) is 4.68 Å². The molecule has 4 nitrogen and oxygen atoms in total. The summed E-state index contributed by atoms with van der Waals surface area (Å²) in [7, 11) is 0. The molecule has 0 N–H and O–H groups in total. The van der Waals surface area contributed by atoms with Gasteiger partial charge in [-0.1, -0.05) is 38.1 Å². The molecule has 1 aromatic heterocycles. The molecule has 22 heavy (non-hydrogen) atoms. The Morgan fingerprint density at radius 1 is 1.18 bits per heavy atom. The largest absolute Gasteiger partial charge is 0.362 e. The maximum Gasteiger partial charge on any atom is 0.137 e. The van der Waals surface area contributed by atoms with Gasteiger partial charge in [0.1, 0.15) is 18.3 Å². The quantitative estimate of drug-likeness (QED) is 0.860. The first-order valence-corrected chi connectivity index (χ1v) is 8.03. The normalized spacial score (nSPS) is 24.0. The van der Waals surface area contributed by atoms with Gasteiger partial charge in [0.15, 0.2) is 0 Å². The van der Waals surface area contributed by atoms with E-state index in [1.54, 1.807) is 12.7 Å². The number of aromatic nitrogens is 3. The third-order valence-corrected chi connectivity index (χ3v) is 4.59. The minimum absolute atomic E-state index is 0.0999. The van der Waals surface area contributed by atoms with Gasteiger partial charge in [0.25, 0.3) is 0 Å². The van der Waals surface area contributed by atoms with E-state index in [9.17, 15) is 0 Å². The summed E-state index contributed by atoms with van der Waals surface area (Å²) in [5.74, 6) is 0.543. The van der Waals surface area contributed by atoms with Gasteiger partial charge in [0, 0.05) is 0 Å². The van der Waals surface area contributed by atoms with E-state index in [1.165, 1.54) is 11.1 Å². The fourth-order valence-corrected chi connectivity index (χ4v) is 3.29. The molecular weight excluding hydrogens is 274 g/mol. The second-order valence-corrected chi connectivity index (χ2v) is 7.23. The summed E-state index contributed by atoms with van der Waals surface area (Å²) in [6.07, 6.45) is 5.39. The molecule has 0 radical (unpaired) electrons. The average Bonchev–Trinajstić information content (AvgIpc) is 3.08. The van der Waals surface area contributed by atoms with Crippen molar-refractivity contribution in [2.75, 3.05) is 0 Å². The van der Waals surface area contributed by atoms with Crippen LogP contribution in [0.4, 0.5) is 0 Å². The molecule has 0 amide bonds. The molecule has 1 saturated heterocycles. The molecule has 1 fully saturated rings. The molecule has 0 aliphatic carbocycles. The molecule has 1 aromatic carbocycles. The van der Waals surface area contributed by atoms with Crippen molar-refractivity contribution in [1.82, 2.24) is 14.8 Å². The van der Waals surface area contributed by atoms with Gasteiger partial charge in [0.05, 0.1) is 12.1 Å². The van der Waals surface area contributed by atoms with Crippen LogP contribution >= 0.6 is 0 Å². The lowest BCUT2D eigenvalue weighted by Gasteiger charge is -2.32. The Hall–Kier alpha value is -1.68. The number of nitrogens with zero attached hydrogens (tertiary/aromatic N) is 3. The van der Waals surface area contributed by atoms with Crippen LogP contribution in [-0.4, -0.2) is 20.4 Å². The number of ether oxygens (including phenoxy) is 1. The molecule has 1 unspecified atom stereocenters. The van der Waals surface area contributed by atoms with Gasteiger partial charge in [-0.25, -0.2) is 9.67 Å². The van der Waals surface area contributed by atoms with Crippen LogP contribution in [0.15, 0.2) is 36.9 Å². The highest BCUT2D eigenvalue weighted by atomic mass is 16.5. The first kappa shape index (κ1) is 15.2. The van der Waals surface area contributed by atoms with Crippen molar-refractivity contribution < 1.29 is 4.74 Å². The van der Waals surface area contributed by atoms with Gasteiger partial charge < -0.3 is 4.74 Å². The number of benzene rings is 1. The summed E-state index contributed by atoms with van der Waals surface area (Å²) in [6.45, 7) is 9.47. The van der Waals surface area contributed by atoms with E-state index in [-0.39, 0.29) is 11.2 Å². The van der Waals surface area contributed by atoms with Crippen molar-refractivity contribution in [3.63, 3.8) is 0 Å². The molecular formula is C18H25N3O. The molecule has 2 aromatic rings. The van der Waals surface area contributed by atoms with E-state index >= 15 is 0 Å². The fourth-order valence-electron chi connectivity index (χ4n) is 3.29. The fraction of sp³-hybridized carbons (Fsp3) is 0.556. The van der Waals surface area contributed by atoms with Gasteiger partial charge in [0.2, 0.25) is 0 Å². The van der Waals surface area contributed by atoms with Crippen LogP contribution in [0, 0.1) is 0 Å². The second kappa shape index (κ2) is 5.51. The summed E-state index contributed by atoms with van der Waals surface area (Å²) >= 11 is 0. The minimum Gasteiger partial charge on any atom is -0.362 e. The topological polar surface area (TPSA) is 39.9 Å². The zero-order chi connectivity index (χ0) is 15.8. The van der Waals surface area contributed by atoms with E-state index in [4.69, 9.17) is 4.74 Å². The first-order chi connectivity index (χ1) is 10.4.